The molecule has 0 aliphatic carbocycles. The Labute approximate surface area is 55.0 Å². The first-order valence-corrected chi connectivity index (χ1v) is 2.77. The molecule has 0 saturated carbocycles. The molecule has 3 nitrogen and oxygen atoms in total. The van der Waals surface area contributed by atoms with E-state index in [4.69, 9.17) is 5.73 Å². The molecule has 0 rings (SSSR count). The van der Waals surface area contributed by atoms with Crippen molar-refractivity contribution in [3.63, 3.8) is 0 Å². The van der Waals surface area contributed by atoms with Gasteiger partial charge in [-0.1, -0.05) is 13.5 Å². The van der Waals surface area contributed by atoms with E-state index in [9.17, 15) is 0 Å². The zero-order valence-corrected chi connectivity index (χ0v) is 5.54. The van der Waals surface area contributed by atoms with Gasteiger partial charge < -0.3 is 5.73 Å². The first-order valence-electron chi connectivity index (χ1n) is 2.77. The van der Waals surface area contributed by atoms with Gasteiger partial charge in [-0.3, -0.25) is 0 Å². The highest BCUT2D eigenvalue weighted by Gasteiger charge is 1.83. The molecule has 50 valence electrons. The van der Waals surface area contributed by atoms with Gasteiger partial charge in [-0.15, -0.1) is 0 Å². The van der Waals surface area contributed by atoms with Gasteiger partial charge in [-0.05, 0) is 6.42 Å². The van der Waals surface area contributed by atoms with Crippen LogP contribution in [0.3, 0.4) is 0 Å². The van der Waals surface area contributed by atoms with Gasteiger partial charge in [0.1, 0.15) is 0 Å². The Morgan fingerprint density at radius 1 is 1.78 bits per heavy atom. The van der Waals surface area contributed by atoms with Crippen LogP contribution in [0, 0.1) is 0 Å². The lowest BCUT2D eigenvalue weighted by Gasteiger charge is -1.88. The van der Waals surface area contributed by atoms with Crippen molar-refractivity contribution in [3.8, 4) is 0 Å². The number of rotatable bonds is 3. The maximum atomic E-state index is 5.17. The highest BCUT2D eigenvalue weighted by atomic mass is 15.1. The van der Waals surface area contributed by atoms with E-state index in [0.717, 1.165) is 12.1 Å². The van der Waals surface area contributed by atoms with Crippen LogP contribution in [0.15, 0.2) is 34.9 Å². The van der Waals surface area contributed by atoms with Crippen LogP contribution < -0.4 is 5.73 Å². The lowest BCUT2D eigenvalue weighted by atomic mass is 10.4. The summed E-state index contributed by atoms with van der Waals surface area (Å²) in [6.07, 6.45) is 3.61. The number of allylic oxidation sites excluding steroid dienone is 1. The van der Waals surface area contributed by atoms with Gasteiger partial charge in [0.05, 0.1) is 5.70 Å². The summed E-state index contributed by atoms with van der Waals surface area (Å²) in [5.74, 6) is 0. The highest BCUT2D eigenvalue weighted by molar-refractivity contribution is 4.94. The molecule has 0 spiro atoms. The molecule has 0 aromatic carbocycles. The van der Waals surface area contributed by atoms with Gasteiger partial charge in [-0.2, -0.15) is 10.2 Å². The second kappa shape index (κ2) is 5.03. The molecule has 0 atom stereocenters. The summed E-state index contributed by atoms with van der Waals surface area (Å²) in [5, 5.41) is 7.28. The van der Waals surface area contributed by atoms with Gasteiger partial charge in [0.25, 0.3) is 0 Å². The molecular weight excluding hydrogens is 114 g/mol. The topological polar surface area (TPSA) is 50.7 Å². The molecule has 0 saturated heterocycles. The van der Waals surface area contributed by atoms with Crippen LogP contribution in [-0.4, -0.2) is 0 Å². The van der Waals surface area contributed by atoms with E-state index in [2.05, 4.69) is 16.8 Å². The Hall–Kier alpha value is -1.12. The molecule has 0 fully saturated rings. The Balaban J connectivity index is 3.84. The summed E-state index contributed by atoms with van der Waals surface area (Å²) in [6.45, 7) is 5.33. The Kier molecular flexibility index (Phi) is 4.40. The molecule has 0 aliphatic heterocycles. The van der Waals surface area contributed by atoms with E-state index in [1.807, 2.05) is 6.92 Å². The molecule has 0 heterocycles. The van der Waals surface area contributed by atoms with Crippen molar-refractivity contribution in [2.45, 2.75) is 13.3 Å². The van der Waals surface area contributed by atoms with Gasteiger partial charge in [0, 0.05) is 12.4 Å². The minimum atomic E-state index is 0.773. The first kappa shape index (κ1) is 7.88. The van der Waals surface area contributed by atoms with Crippen molar-refractivity contribution in [1.29, 1.82) is 0 Å². The largest absolute Gasteiger partial charge is 0.403 e. The summed E-state index contributed by atoms with van der Waals surface area (Å²) in [4.78, 5) is 0. The van der Waals surface area contributed by atoms with Crippen molar-refractivity contribution in [3.05, 3.63) is 24.7 Å². The van der Waals surface area contributed by atoms with Crippen molar-refractivity contribution < 1.29 is 0 Å². The Morgan fingerprint density at radius 2 is 2.44 bits per heavy atom. The minimum Gasteiger partial charge on any atom is -0.403 e. The molecular formula is C6H11N3. The number of azo groups is 1. The molecule has 0 aliphatic rings. The minimum absolute atomic E-state index is 0.773. The third-order valence-electron chi connectivity index (χ3n) is 0.822. The molecule has 0 radical (unpaired) electrons. The smallest absolute Gasteiger partial charge is 0.0781 e. The second-order valence-corrected chi connectivity index (χ2v) is 1.41. The fraction of sp³-hybridized carbons (Fsp3) is 0.333. The van der Waals surface area contributed by atoms with Crippen molar-refractivity contribution in [1.82, 2.24) is 0 Å². The van der Waals surface area contributed by atoms with Gasteiger partial charge in [0.15, 0.2) is 0 Å². The monoisotopic (exact) mass is 125 g/mol. The third kappa shape index (κ3) is 3.46. The predicted octanol–water partition coefficient (Wildman–Crippen LogP) is 1.79. The zero-order chi connectivity index (χ0) is 7.11. The van der Waals surface area contributed by atoms with Crippen LogP contribution in [0.1, 0.15) is 13.3 Å². The Bertz CT molecular complexity index is 135. The van der Waals surface area contributed by atoms with Crippen LogP contribution in [0.25, 0.3) is 0 Å². The van der Waals surface area contributed by atoms with E-state index in [1.165, 1.54) is 12.4 Å². The van der Waals surface area contributed by atoms with Crippen molar-refractivity contribution in [2.24, 2.45) is 16.0 Å². The van der Waals surface area contributed by atoms with E-state index in [0.29, 0.717) is 0 Å². The summed E-state index contributed by atoms with van der Waals surface area (Å²) < 4.78 is 0. The quantitative estimate of drug-likeness (QED) is 0.574. The summed E-state index contributed by atoms with van der Waals surface area (Å²) in [5.41, 5.74) is 5.95. The van der Waals surface area contributed by atoms with E-state index in [-0.39, 0.29) is 0 Å². The van der Waals surface area contributed by atoms with Crippen LogP contribution in [0.2, 0.25) is 0 Å². The average Bonchev–Trinajstić information content (AvgIpc) is 1.91. The molecule has 0 amide bonds. The summed E-state index contributed by atoms with van der Waals surface area (Å²) in [6, 6.07) is 0. The van der Waals surface area contributed by atoms with Crippen LogP contribution in [0.5, 0.6) is 0 Å². The molecule has 9 heavy (non-hydrogen) atoms. The number of nitrogens with two attached hydrogens (primary N) is 1. The maximum Gasteiger partial charge on any atom is 0.0781 e. The van der Waals surface area contributed by atoms with Gasteiger partial charge in [-0.25, -0.2) is 0 Å². The number of nitrogens with zero attached hydrogens (tertiary/aromatic N) is 2. The fourth-order valence-electron chi connectivity index (χ4n) is 0.337. The molecule has 0 bridgehead atoms. The third-order valence-corrected chi connectivity index (χ3v) is 0.822. The maximum absolute atomic E-state index is 5.17. The molecule has 3 heteroatoms. The lowest BCUT2D eigenvalue weighted by molar-refractivity contribution is 0.991. The fourth-order valence-corrected chi connectivity index (χ4v) is 0.337. The van der Waals surface area contributed by atoms with Crippen LogP contribution in [-0.2, 0) is 0 Å². The lowest BCUT2D eigenvalue weighted by Crippen LogP contribution is -1.82. The van der Waals surface area contributed by atoms with Crippen LogP contribution in [0.4, 0.5) is 0 Å². The number of hydrogen-bond acceptors (Lipinski definition) is 3. The average molecular weight is 125 g/mol. The molecule has 2 N–H and O–H groups in total. The van der Waals surface area contributed by atoms with E-state index in [1.54, 1.807) is 0 Å². The van der Waals surface area contributed by atoms with E-state index < -0.39 is 0 Å². The molecule has 0 aromatic rings. The summed E-state index contributed by atoms with van der Waals surface area (Å²) in [7, 11) is 0. The SMILES string of the molecule is C=C/N=N\C(=C/N)CC. The molecule has 0 unspecified atom stereocenters. The Morgan fingerprint density at radius 3 is 2.78 bits per heavy atom. The van der Waals surface area contributed by atoms with Crippen LogP contribution >= 0.6 is 0 Å². The van der Waals surface area contributed by atoms with Crippen molar-refractivity contribution >= 4 is 0 Å². The van der Waals surface area contributed by atoms with E-state index >= 15 is 0 Å². The highest BCUT2D eigenvalue weighted by Crippen LogP contribution is 1.99. The summed E-state index contributed by atoms with van der Waals surface area (Å²) >= 11 is 0. The van der Waals surface area contributed by atoms with Crippen molar-refractivity contribution in [2.75, 3.05) is 0 Å². The standard InChI is InChI=1S/C6H11N3/c1-3-6(5-7)9-8-4-2/h4-5H,2-3,7H2,1H3/b6-5-,9-8-. The predicted molar refractivity (Wildman–Crippen MR) is 37.6 cm³/mol. The number of hydrogen-bond donors (Lipinski definition) is 1. The second-order valence-electron chi connectivity index (χ2n) is 1.41. The first-order chi connectivity index (χ1) is 4.35. The van der Waals surface area contributed by atoms with Gasteiger partial charge >= 0.3 is 0 Å². The normalized spacial score (nSPS) is 12.3. The van der Waals surface area contributed by atoms with Gasteiger partial charge in [0.2, 0.25) is 0 Å². The zero-order valence-electron chi connectivity index (χ0n) is 5.54. The molecule has 0 aromatic heterocycles.